The number of aromatic nitrogens is 2. The van der Waals surface area contributed by atoms with Crippen LogP contribution in [-0.2, 0) is 6.42 Å². The first kappa shape index (κ1) is 19.8. The van der Waals surface area contributed by atoms with E-state index in [4.69, 9.17) is 16.3 Å². The molecule has 2 rings (SSSR count). The van der Waals surface area contributed by atoms with Gasteiger partial charge in [0.15, 0.2) is 0 Å². The van der Waals surface area contributed by atoms with Gasteiger partial charge in [-0.15, -0.1) is 0 Å². The largest absolute Gasteiger partial charge is 0.425 e. The van der Waals surface area contributed by atoms with Gasteiger partial charge in [-0.05, 0) is 44.4 Å². The van der Waals surface area contributed by atoms with E-state index < -0.39 is 0 Å². The highest BCUT2D eigenvalue weighted by Gasteiger charge is 2.07. The molecule has 7 heteroatoms. The summed E-state index contributed by atoms with van der Waals surface area (Å²) in [6.07, 6.45) is 3.44. The van der Waals surface area contributed by atoms with E-state index in [1.807, 2.05) is 45.0 Å². The SMILES string of the molecule is CC/C=N\C(=NC)Oc1ccc(CCNc2nc(C)nc(C)c2Cl)cc1. The lowest BCUT2D eigenvalue weighted by Gasteiger charge is -2.10. The molecule has 0 fully saturated rings. The van der Waals surface area contributed by atoms with Gasteiger partial charge >= 0.3 is 6.02 Å². The van der Waals surface area contributed by atoms with Crippen LogP contribution in [0.5, 0.6) is 5.75 Å². The monoisotopic (exact) mass is 373 g/mol. The third-order valence-corrected chi connectivity index (χ3v) is 4.00. The van der Waals surface area contributed by atoms with E-state index in [9.17, 15) is 0 Å². The number of amidine groups is 1. The predicted molar refractivity (Wildman–Crippen MR) is 108 cm³/mol. The summed E-state index contributed by atoms with van der Waals surface area (Å²) in [6, 6.07) is 8.21. The van der Waals surface area contributed by atoms with Crippen LogP contribution in [0.25, 0.3) is 0 Å². The van der Waals surface area contributed by atoms with E-state index in [0.29, 0.717) is 28.4 Å². The fourth-order valence-electron chi connectivity index (χ4n) is 2.27. The van der Waals surface area contributed by atoms with Crippen molar-refractivity contribution in [2.75, 3.05) is 18.9 Å². The van der Waals surface area contributed by atoms with Gasteiger partial charge in [0.2, 0.25) is 0 Å². The average Bonchev–Trinajstić information content (AvgIpc) is 2.63. The van der Waals surface area contributed by atoms with E-state index >= 15 is 0 Å². The first-order chi connectivity index (χ1) is 12.5. The second-order valence-electron chi connectivity index (χ2n) is 5.67. The average molecular weight is 374 g/mol. The molecule has 1 N–H and O–H groups in total. The van der Waals surface area contributed by atoms with Crippen molar-refractivity contribution in [2.24, 2.45) is 9.98 Å². The Balaban J connectivity index is 1.91. The molecular weight excluding hydrogens is 350 g/mol. The van der Waals surface area contributed by atoms with Gasteiger partial charge in [0.05, 0.1) is 5.69 Å². The standard InChI is InChI=1S/C19H24ClN5O/c1-5-11-23-19(21-4)26-16-8-6-15(7-9-16)10-12-22-18-17(20)13(2)24-14(3)25-18/h6-9,11H,5,10,12H2,1-4H3,(H,22,24,25)/b21-19?,23-11-. The number of aliphatic imine (C=N–C) groups is 2. The lowest BCUT2D eigenvalue weighted by atomic mass is 10.1. The third kappa shape index (κ3) is 5.81. The van der Waals surface area contributed by atoms with E-state index in [1.54, 1.807) is 13.3 Å². The van der Waals surface area contributed by atoms with Crippen LogP contribution in [0.1, 0.15) is 30.4 Å². The lowest BCUT2D eigenvalue weighted by Crippen LogP contribution is -2.09. The number of hydrogen-bond acceptors (Lipinski definition) is 5. The molecular formula is C19H24ClN5O. The number of ether oxygens (including phenoxy) is 1. The van der Waals surface area contributed by atoms with E-state index in [2.05, 4.69) is 25.3 Å². The summed E-state index contributed by atoms with van der Waals surface area (Å²) in [4.78, 5) is 16.7. The second kappa shape index (κ2) is 9.87. The maximum Gasteiger partial charge on any atom is 0.316 e. The van der Waals surface area contributed by atoms with Crippen molar-refractivity contribution in [3.8, 4) is 5.75 Å². The van der Waals surface area contributed by atoms with Gasteiger partial charge in [-0.1, -0.05) is 30.7 Å². The molecule has 138 valence electrons. The smallest absolute Gasteiger partial charge is 0.316 e. The second-order valence-corrected chi connectivity index (χ2v) is 6.05. The Labute approximate surface area is 159 Å². The summed E-state index contributed by atoms with van der Waals surface area (Å²) < 4.78 is 5.64. The number of aryl methyl sites for hydroxylation is 2. The molecule has 1 aromatic carbocycles. The van der Waals surface area contributed by atoms with Crippen LogP contribution in [0.3, 0.4) is 0 Å². The van der Waals surface area contributed by atoms with Crippen LogP contribution < -0.4 is 10.1 Å². The first-order valence-electron chi connectivity index (χ1n) is 8.54. The molecule has 0 unspecified atom stereocenters. The molecule has 1 aromatic heterocycles. The summed E-state index contributed by atoms with van der Waals surface area (Å²) in [7, 11) is 1.66. The number of nitrogens with one attached hydrogen (secondary N) is 1. The number of anilines is 1. The van der Waals surface area contributed by atoms with Gasteiger partial charge in [-0.2, -0.15) is 0 Å². The Bertz CT molecular complexity index is 787. The molecule has 0 atom stereocenters. The number of hydrogen-bond donors (Lipinski definition) is 1. The Kier molecular flexibility index (Phi) is 7.53. The minimum atomic E-state index is 0.352. The van der Waals surface area contributed by atoms with Crippen LogP contribution in [0.15, 0.2) is 34.3 Å². The van der Waals surface area contributed by atoms with Gasteiger partial charge in [0, 0.05) is 19.8 Å². The highest BCUT2D eigenvalue weighted by Crippen LogP contribution is 2.22. The molecule has 0 radical (unpaired) electrons. The van der Waals surface area contributed by atoms with E-state index in [1.165, 1.54) is 5.56 Å². The zero-order valence-corrected chi connectivity index (χ0v) is 16.3. The van der Waals surface area contributed by atoms with Crippen molar-refractivity contribution in [2.45, 2.75) is 33.6 Å². The highest BCUT2D eigenvalue weighted by atomic mass is 35.5. The number of halogens is 1. The molecule has 0 aliphatic carbocycles. The van der Waals surface area contributed by atoms with Crippen molar-refractivity contribution in [3.63, 3.8) is 0 Å². The van der Waals surface area contributed by atoms with E-state index in [-0.39, 0.29) is 0 Å². The normalized spacial score (nSPS) is 11.8. The summed E-state index contributed by atoms with van der Waals surface area (Å²) in [5.74, 6) is 2.09. The number of benzene rings is 1. The molecule has 0 aliphatic heterocycles. The van der Waals surface area contributed by atoms with Gasteiger partial charge in [0.25, 0.3) is 0 Å². The summed E-state index contributed by atoms with van der Waals surface area (Å²) >= 11 is 6.24. The quantitative estimate of drug-likeness (QED) is 0.607. The van der Waals surface area contributed by atoms with Crippen molar-refractivity contribution < 1.29 is 4.74 Å². The predicted octanol–water partition coefficient (Wildman–Crippen LogP) is 4.25. The first-order valence-corrected chi connectivity index (χ1v) is 8.92. The molecule has 26 heavy (non-hydrogen) atoms. The Morgan fingerprint density at radius 2 is 1.96 bits per heavy atom. The van der Waals surface area contributed by atoms with Crippen LogP contribution in [0.4, 0.5) is 5.82 Å². The van der Waals surface area contributed by atoms with Crippen LogP contribution >= 0.6 is 11.6 Å². The van der Waals surface area contributed by atoms with Gasteiger partial charge in [-0.3, -0.25) is 0 Å². The Morgan fingerprint density at radius 3 is 2.62 bits per heavy atom. The fraction of sp³-hybridized carbons (Fsp3) is 0.368. The van der Waals surface area contributed by atoms with E-state index in [0.717, 1.165) is 25.1 Å². The minimum absolute atomic E-state index is 0.352. The van der Waals surface area contributed by atoms with Gasteiger partial charge in [-0.25, -0.2) is 20.0 Å². The van der Waals surface area contributed by atoms with Crippen molar-refractivity contribution in [1.29, 1.82) is 0 Å². The summed E-state index contributed by atoms with van der Waals surface area (Å²) in [5, 5.41) is 3.84. The molecule has 0 aliphatic rings. The summed E-state index contributed by atoms with van der Waals surface area (Å²) in [5.41, 5.74) is 1.96. The fourth-order valence-corrected chi connectivity index (χ4v) is 2.42. The molecule has 0 saturated carbocycles. The molecule has 0 spiro atoms. The van der Waals surface area contributed by atoms with Crippen molar-refractivity contribution in [3.05, 3.63) is 46.4 Å². The minimum Gasteiger partial charge on any atom is -0.425 e. The maximum atomic E-state index is 6.24. The van der Waals surface area contributed by atoms with Crippen molar-refractivity contribution >= 4 is 29.7 Å². The highest BCUT2D eigenvalue weighted by molar-refractivity contribution is 6.33. The maximum absolute atomic E-state index is 6.24. The molecule has 2 aromatic rings. The third-order valence-electron chi connectivity index (χ3n) is 3.54. The van der Waals surface area contributed by atoms with Crippen LogP contribution in [0, 0.1) is 13.8 Å². The molecule has 0 saturated heterocycles. The lowest BCUT2D eigenvalue weighted by molar-refractivity contribution is 0.541. The molecule has 0 bridgehead atoms. The molecule has 0 amide bonds. The van der Waals surface area contributed by atoms with Crippen molar-refractivity contribution in [1.82, 2.24) is 9.97 Å². The zero-order valence-electron chi connectivity index (χ0n) is 15.6. The molecule has 6 nitrogen and oxygen atoms in total. The van der Waals surface area contributed by atoms with Gasteiger partial charge < -0.3 is 10.1 Å². The Hall–Kier alpha value is -2.47. The number of rotatable bonds is 6. The van der Waals surface area contributed by atoms with Gasteiger partial charge in [0.1, 0.15) is 22.4 Å². The zero-order chi connectivity index (χ0) is 18.9. The topological polar surface area (TPSA) is 71.8 Å². The molecule has 1 heterocycles. The van der Waals surface area contributed by atoms with Crippen LogP contribution in [0.2, 0.25) is 5.02 Å². The summed E-state index contributed by atoms with van der Waals surface area (Å²) in [6.45, 7) is 6.46. The van der Waals surface area contributed by atoms with Crippen LogP contribution in [-0.4, -0.2) is 35.8 Å². The number of nitrogens with zero attached hydrogens (tertiary/aromatic N) is 4. The Morgan fingerprint density at radius 1 is 1.23 bits per heavy atom.